The first kappa shape index (κ1) is 19.3. The number of Topliss-reactive ketones (excluding diaryl/α,β-unsaturated/α-hetero) is 1. The van der Waals surface area contributed by atoms with Crippen molar-refractivity contribution in [2.24, 2.45) is 0 Å². The zero-order chi connectivity index (χ0) is 19.2. The molecular weight excluding hydrogens is 350 g/mol. The van der Waals surface area contributed by atoms with Gasteiger partial charge in [0, 0.05) is 18.6 Å². The van der Waals surface area contributed by atoms with E-state index < -0.39 is 18.7 Å². The second-order valence-electron chi connectivity index (χ2n) is 6.70. The van der Waals surface area contributed by atoms with Crippen molar-refractivity contribution in [2.75, 3.05) is 19.8 Å². The van der Waals surface area contributed by atoms with Crippen molar-refractivity contribution >= 4 is 23.2 Å². The van der Waals surface area contributed by atoms with E-state index in [0.717, 1.165) is 11.1 Å². The Bertz CT molecular complexity index is 742. The van der Waals surface area contributed by atoms with Gasteiger partial charge in [0.15, 0.2) is 5.78 Å². The average molecular weight is 373 g/mol. The summed E-state index contributed by atoms with van der Waals surface area (Å²) >= 11 is 0. The molecule has 7 nitrogen and oxygen atoms in total. The Morgan fingerprint density at radius 3 is 2.74 bits per heavy atom. The molecule has 1 amide bonds. The number of carbonyl (C=O) groups excluding carboxylic acids is 2. The van der Waals surface area contributed by atoms with Gasteiger partial charge in [0.25, 0.3) is 0 Å². The Labute approximate surface area is 157 Å². The van der Waals surface area contributed by atoms with Crippen molar-refractivity contribution in [3.8, 4) is 0 Å². The third-order valence-electron chi connectivity index (χ3n) is 4.83. The Hall–Kier alpha value is -2.51. The fourth-order valence-electron chi connectivity index (χ4n) is 3.51. The molecule has 1 saturated heterocycles. The number of carboxylic acid groups (broad SMARTS) is 1. The number of aliphatic carboxylic acids is 1. The number of carbonyl (C=O) groups is 3. The van der Waals surface area contributed by atoms with Crippen molar-refractivity contribution in [1.82, 2.24) is 5.32 Å². The molecule has 1 fully saturated rings. The quantitative estimate of drug-likeness (QED) is 0.752. The number of benzene rings is 1. The van der Waals surface area contributed by atoms with Gasteiger partial charge in [-0.05, 0) is 24.0 Å². The summed E-state index contributed by atoms with van der Waals surface area (Å²) in [5.41, 5.74) is 2.47. The topological polar surface area (TPSA) is 102 Å². The third kappa shape index (κ3) is 5.02. The maximum Gasteiger partial charge on any atom is 0.329 e. The molecule has 1 aliphatic heterocycles. The molecule has 1 heterocycles. The molecule has 2 N–H and O–H groups in total. The lowest BCUT2D eigenvalue weighted by Crippen LogP contribution is -2.50. The van der Waals surface area contributed by atoms with Gasteiger partial charge in [0.2, 0.25) is 5.91 Å². The molecule has 0 saturated carbocycles. The molecule has 0 spiro atoms. The number of ether oxygens (including phenoxy) is 2. The molecule has 0 bridgehead atoms. The lowest BCUT2D eigenvalue weighted by molar-refractivity contribution is -0.149. The van der Waals surface area contributed by atoms with Gasteiger partial charge in [-0.3, -0.25) is 9.59 Å². The molecule has 0 aromatic heterocycles. The summed E-state index contributed by atoms with van der Waals surface area (Å²) < 4.78 is 10.6. The molecule has 3 rings (SSSR count). The van der Waals surface area contributed by atoms with Crippen LogP contribution < -0.4 is 5.32 Å². The summed E-state index contributed by atoms with van der Waals surface area (Å²) in [6.07, 6.45) is 1.11. The minimum absolute atomic E-state index is 0.00894. The van der Waals surface area contributed by atoms with Gasteiger partial charge in [-0.1, -0.05) is 30.3 Å². The Kier molecular flexibility index (Phi) is 6.36. The van der Waals surface area contributed by atoms with Crippen LogP contribution in [-0.2, 0) is 23.9 Å². The highest BCUT2D eigenvalue weighted by atomic mass is 16.5. The molecule has 27 heavy (non-hydrogen) atoms. The van der Waals surface area contributed by atoms with E-state index in [1.54, 1.807) is 0 Å². The molecule has 0 radical (unpaired) electrons. The Morgan fingerprint density at radius 2 is 2.00 bits per heavy atom. The molecule has 1 aromatic rings. The standard InChI is InChI=1S/C20H23NO6/c22-17-7-6-14(13-4-2-1-3-5-13)15(17)10-19(23)21-16-8-9-26-11-18(16)27-12-20(24)25/h1-5,16,18H,6-12H2,(H,21,23)(H,24,25)/t16-,18-/m1/s1. The van der Waals surface area contributed by atoms with Crippen molar-refractivity contribution in [3.63, 3.8) is 0 Å². The number of rotatable bonds is 7. The van der Waals surface area contributed by atoms with E-state index in [4.69, 9.17) is 14.6 Å². The van der Waals surface area contributed by atoms with Gasteiger partial charge in [0.1, 0.15) is 12.7 Å². The van der Waals surface area contributed by atoms with Crippen molar-refractivity contribution in [3.05, 3.63) is 41.5 Å². The number of hydrogen-bond donors (Lipinski definition) is 2. The van der Waals surface area contributed by atoms with Gasteiger partial charge in [-0.2, -0.15) is 0 Å². The highest BCUT2D eigenvalue weighted by Crippen LogP contribution is 2.33. The van der Waals surface area contributed by atoms with Crippen LogP contribution >= 0.6 is 0 Å². The van der Waals surface area contributed by atoms with Crippen LogP contribution in [0.5, 0.6) is 0 Å². The van der Waals surface area contributed by atoms with Crippen LogP contribution in [-0.4, -0.2) is 54.7 Å². The number of ketones is 1. The van der Waals surface area contributed by atoms with E-state index in [1.807, 2.05) is 30.3 Å². The van der Waals surface area contributed by atoms with Crippen molar-refractivity contribution < 1.29 is 29.0 Å². The fourth-order valence-corrected chi connectivity index (χ4v) is 3.51. The molecular formula is C20H23NO6. The van der Waals surface area contributed by atoms with E-state index in [-0.39, 0.29) is 30.8 Å². The summed E-state index contributed by atoms with van der Waals surface area (Å²) in [6, 6.07) is 9.29. The highest BCUT2D eigenvalue weighted by molar-refractivity contribution is 6.10. The van der Waals surface area contributed by atoms with Crippen LogP contribution in [0.25, 0.3) is 5.57 Å². The van der Waals surface area contributed by atoms with Crippen LogP contribution in [0.3, 0.4) is 0 Å². The summed E-state index contributed by atoms with van der Waals surface area (Å²) in [6.45, 7) is 0.256. The monoisotopic (exact) mass is 373 g/mol. The van der Waals surface area contributed by atoms with E-state index in [1.165, 1.54) is 0 Å². The van der Waals surface area contributed by atoms with Gasteiger partial charge >= 0.3 is 5.97 Å². The van der Waals surface area contributed by atoms with E-state index in [9.17, 15) is 14.4 Å². The summed E-state index contributed by atoms with van der Waals surface area (Å²) in [4.78, 5) is 35.6. The Balaban J connectivity index is 1.66. The number of hydrogen-bond acceptors (Lipinski definition) is 5. The molecule has 7 heteroatoms. The van der Waals surface area contributed by atoms with Crippen molar-refractivity contribution in [1.29, 1.82) is 0 Å². The largest absolute Gasteiger partial charge is 0.480 e. The molecule has 1 aliphatic carbocycles. The van der Waals surface area contributed by atoms with Gasteiger partial charge in [0.05, 0.1) is 19.1 Å². The van der Waals surface area contributed by atoms with Crippen LogP contribution in [0, 0.1) is 0 Å². The molecule has 0 unspecified atom stereocenters. The average Bonchev–Trinajstić information content (AvgIpc) is 3.02. The van der Waals surface area contributed by atoms with Gasteiger partial charge < -0.3 is 19.9 Å². The van der Waals surface area contributed by atoms with Crippen LogP contribution in [0.2, 0.25) is 0 Å². The Morgan fingerprint density at radius 1 is 1.22 bits per heavy atom. The summed E-state index contributed by atoms with van der Waals surface area (Å²) in [5, 5.41) is 11.7. The maximum absolute atomic E-state index is 12.6. The third-order valence-corrected chi connectivity index (χ3v) is 4.83. The SMILES string of the molecule is O=C(O)CO[C@@H]1COCC[C@H]1NC(=O)CC1=C(c2ccccc2)CCC1=O. The first-order chi connectivity index (χ1) is 13.0. The number of allylic oxidation sites excluding steroid dienone is 1. The molecule has 144 valence electrons. The normalized spacial score (nSPS) is 22.7. The van der Waals surface area contributed by atoms with Crippen LogP contribution in [0.15, 0.2) is 35.9 Å². The van der Waals surface area contributed by atoms with Crippen molar-refractivity contribution in [2.45, 2.75) is 37.8 Å². The molecule has 2 atom stereocenters. The highest BCUT2D eigenvalue weighted by Gasteiger charge is 2.30. The van der Waals surface area contributed by atoms with E-state index >= 15 is 0 Å². The number of carboxylic acids is 1. The number of amides is 1. The second-order valence-corrected chi connectivity index (χ2v) is 6.70. The minimum Gasteiger partial charge on any atom is -0.480 e. The lowest BCUT2D eigenvalue weighted by atomic mass is 9.99. The first-order valence-electron chi connectivity index (χ1n) is 9.05. The maximum atomic E-state index is 12.6. The predicted octanol–water partition coefficient (Wildman–Crippen LogP) is 1.57. The van der Waals surface area contributed by atoms with Gasteiger partial charge in [-0.25, -0.2) is 4.79 Å². The van der Waals surface area contributed by atoms with Crippen LogP contribution in [0.1, 0.15) is 31.2 Å². The second kappa shape index (κ2) is 8.92. The fraction of sp³-hybridized carbons (Fsp3) is 0.450. The summed E-state index contributed by atoms with van der Waals surface area (Å²) in [5.74, 6) is -1.32. The lowest BCUT2D eigenvalue weighted by Gasteiger charge is -2.31. The smallest absolute Gasteiger partial charge is 0.329 e. The number of nitrogens with one attached hydrogen (secondary N) is 1. The zero-order valence-corrected chi connectivity index (χ0v) is 15.0. The molecule has 2 aliphatic rings. The molecule has 1 aromatic carbocycles. The minimum atomic E-state index is -1.07. The predicted molar refractivity (Wildman–Crippen MR) is 97.0 cm³/mol. The summed E-state index contributed by atoms with van der Waals surface area (Å²) in [7, 11) is 0. The van der Waals surface area contributed by atoms with Crippen LogP contribution in [0.4, 0.5) is 0 Å². The first-order valence-corrected chi connectivity index (χ1v) is 9.05. The van der Waals surface area contributed by atoms with Gasteiger partial charge in [-0.15, -0.1) is 0 Å². The van der Waals surface area contributed by atoms with E-state index in [0.29, 0.717) is 31.4 Å². The van der Waals surface area contributed by atoms with E-state index in [2.05, 4.69) is 5.32 Å². The zero-order valence-electron chi connectivity index (χ0n) is 15.0.